The number of thiophene rings is 1. The Hall–Kier alpha value is -0.550. The lowest BCUT2D eigenvalue weighted by molar-refractivity contribution is -0.120. The molecule has 0 bridgehead atoms. The number of carbonyl (C=O) groups is 1. The van der Waals surface area contributed by atoms with Gasteiger partial charge in [-0.3, -0.25) is 4.79 Å². The smallest absolute Gasteiger partial charge is 0.242 e. The summed E-state index contributed by atoms with van der Waals surface area (Å²) < 4.78 is 31.4. The van der Waals surface area contributed by atoms with E-state index in [1.165, 1.54) is 33.8 Å². The van der Waals surface area contributed by atoms with Crippen molar-refractivity contribution >= 4 is 73.2 Å². The molecule has 1 fully saturated rings. The van der Waals surface area contributed by atoms with Gasteiger partial charge in [0.05, 0.1) is 11.1 Å². The molecule has 0 aliphatic carbocycles. The minimum Gasteiger partial charge on any atom is -0.325 e. The summed E-state index contributed by atoms with van der Waals surface area (Å²) in [5, 5.41) is 2.61. The molecule has 1 aliphatic rings. The second-order valence-electron chi connectivity index (χ2n) is 5.61. The highest BCUT2D eigenvalue weighted by Crippen LogP contribution is 2.38. The summed E-state index contributed by atoms with van der Waals surface area (Å²) in [4.78, 5) is 13.6. The summed E-state index contributed by atoms with van der Waals surface area (Å²) in [6.45, 7) is 0. The zero-order valence-corrected chi connectivity index (χ0v) is 18.0. The first-order valence-corrected chi connectivity index (χ1v) is 10.8. The van der Waals surface area contributed by atoms with Gasteiger partial charge in [-0.1, -0.05) is 23.2 Å². The van der Waals surface area contributed by atoms with Crippen LogP contribution in [0.15, 0.2) is 28.7 Å². The van der Waals surface area contributed by atoms with Crippen molar-refractivity contribution in [3.05, 3.63) is 48.8 Å². The number of amides is 1. The van der Waals surface area contributed by atoms with Crippen molar-refractivity contribution in [2.75, 3.05) is 12.4 Å². The van der Waals surface area contributed by atoms with E-state index in [2.05, 4.69) is 26.0 Å². The van der Waals surface area contributed by atoms with Crippen LogP contribution in [0.4, 0.5) is 10.1 Å². The Morgan fingerprint density at radius 2 is 2.19 bits per heavy atom. The number of anilines is 1. The van der Waals surface area contributed by atoms with Crippen LogP contribution < -0.4 is 10.0 Å². The fourth-order valence-corrected chi connectivity index (χ4v) is 5.62. The van der Waals surface area contributed by atoms with Crippen molar-refractivity contribution in [3.63, 3.8) is 0 Å². The average molecular weight is 501 g/mol. The molecular weight excluding hydrogens is 488 g/mol. The van der Waals surface area contributed by atoms with E-state index in [-0.39, 0.29) is 17.0 Å². The van der Waals surface area contributed by atoms with Crippen LogP contribution in [0.25, 0.3) is 0 Å². The van der Waals surface area contributed by atoms with Gasteiger partial charge in [0.15, 0.2) is 11.2 Å². The van der Waals surface area contributed by atoms with Crippen molar-refractivity contribution in [2.24, 2.45) is 0 Å². The highest BCUT2D eigenvalue weighted by atomic mass is 79.9. The van der Waals surface area contributed by atoms with Gasteiger partial charge in [-0.2, -0.15) is 0 Å². The van der Waals surface area contributed by atoms with Gasteiger partial charge in [0.25, 0.3) is 0 Å². The van der Waals surface area contributed by atoms with Crippen molar-refractivity contribution in [1.29, 1.82) is 0 Å². The molecule has 1 aromatic heterocycles. The Kier molecular flexibility index (Phi) is 6.38. The normalized spacial score (nSPS) is 23.8. The average Bonchev–Trinajstić information content (AvgIpc) is 2.92. The van der Waals surface area contributed by atoms with Gasteiger partial charge < -0.3 is 5.32 Å². The standard InChI is InChI=1S/C15H13BrCl2FN3O2S2/c1-22-12(15(23)20-7-2-3-10(19)9(17)4-7)6-11(21-26(22)24)13-5-8(16)14(18)25-13/h2-5,11-12,21H,6H2,1H3,(H,20,23). The van der Waals surface area contributed by atoms with E-state index >= 15 is 0 Å². The maximum absolute atomic E-state index is 13.3. The highest BCUT2D eigenvalue weighted by Gasteiger charge is 2.37. The molecule has 5 nitrogen and oxygen atoms in total. The Morgan fingerprint density at radius 3 is 2.81 bits per heavy atom. The van der Waals surface area contributed by atoms with Crippen LogP contribution in [0.2, 0.25) is 9.36 Å². The van der Waals surface area contributed by atoms with E-state index in [0.717, 1.165) is 9.35 Å². The molecule has 2 N–H and O–H groups in total. The van der Waals surface area contributed by atoms with Gasteiger partial charge in [-0.05, 0) is 46.6 Å². The number of rotatable bonds is 3. The lowest BCUT2D eigenvalue weighted by Crippen LogP contribution is -2.52. The number of carbonyl (C=O) groups excluding carboxylic acids is 1. The highest BCUT2D eigenvalue weighted by molar-refractivity contribution is 9.10. The molecule has 1 amide bonds. The molecule has 3 rings (SSSR count). The molecule has 2 heterocycles. The topological polar surface area (TPSA) is 61.4 Å². The third-order valence-corrected chi connectivity index (χ3v) is 8.04. The number of nitrogens with zero attached hydrogens (tertiary/aromatic N) is 1. The summed E-state index contributed by atoms with van der Waals surface area (Å²) in [7, 11) is 1.60. The van der Waals surface area contributed by atoms with E-state index in [1.807, 2.05) is 6.07 Å². The molecule has 26 heavy (non-hydrogen) atoms. The first kappa shape index (κ1) is 20.2. The Morgan fingerprint density at radius 1 is 1.46 bits per heavy atom. The Labute approximate surface area is 174 Å². The monoisotopic (exact) mass is 499 g/mol. The Bertz CT molecular complexity index is 863. The van der Waals surface area contributed by atoms with Crippen molar-refractivity contribution < 1.29 is 13.4 Å². The van der Waals surface area contributed by atoms with Crippen molar-refractivity contribution in [3.8, 4) is 0 Å². The molecule has 3 atom stereocenters. The van der Waals surface area contributed by atoms with Gasteiger partial charge in [0, 0.05) is 22.1 Å². The molecule has 0 saturated carbocycles. The second-order valence-corrected chi connectivity index (χ2v) is 9.86. The zero-order valence-electron chi connectivity index (χ0n) is 13.3. The second kappa shape index (κ2) is 8.22. The fraction of sp³-hybridized carbons (Fsp3) is 0.267. The van der Waals surface area contributed by atoms with Crippen LogP contribution in [-0.2, 0) is 16.0 Å². The number of hydrogen-bond acceptors (Lipinski definition) is 3. The third kappa shape index (κ3) is 4.30. The van der Waals surface area contributed by atoms with E-state index < -0.39 is 23.0 Å². The lowest BCUT2D eigenvalue weighted by atomic mass is 10.1. The fourth-order valence-electron chi connectivity index (χ4n) is 2.52. The lowest BCUT2D eigenvalue weighted by Gasteiger charge is -2.35. The minimum absolute atomic E-state index is 0.0824. The first-order valence-electron chi connectivity index (χ1n) is 7.37. The number of halogens is 4. The Balaban J connectivity index is 1.78. The first-order chi connectivity index (χ1) is 12.3. The molecular formula is C15H13BrCl2FN3O2S2. The van der Waals surface area contributed by atoms with E-state index in [0.29, 0.717) is 16.4 Å². The van der Waals surface area contributed by atoms with Crippen LogP contribution in [0.1, 0.15) is 17.3 Å². The summed E-state index contributed by atoms with van der Waals surface area (Å²) in [5.41, 5.74) is 0.373. The number of hydrogen-bond donors (Lipinski definition) is 2. The zero-order chi connectivity index (χ0) is 19.0. The minimum atomic E-state index is -1.54. The molecule has 140 valence electrons. The van der Waals surface area contributed by atoms with Crippen LogP contribution in [-0.4, -0.2) is 27.5 Å². The van der Waals surface area contributed by atoms with Crippen molar-refractivity contribution in [2.45, 2.75) is 18.5 Å². The van der Waals surface area contributed by atoms with Crippen LogP contribution in [0, 0.1) is 5.82 Å². The summed E-state index contributed by atoms with van der Waals surface area (Å²) >= 11 is 15.0. The van der Waals surface area contributed by atoms with Crippen LogP contribution in [0.5, 0.6) is 0 Å². The van der Waals surface area contributed by atoms with Crippen LogP contribution in [0.3, 0.4) is 0 Å². The van der Waals surface area contributed by atoms with E-state index in [4.69, 9.17) is 23.2 Å². The van der Waals surface area contributed by atoms with Gasteiger partial charge in [0.2, 0.25) is 5.91 Å². The summed E-state index contributed by atoms with van der Waals surface area (Å²) in [6, 6.07) is 4.85. The maximum Gasteiger partial charge on any atom is 0.242 e. The van der Waals surface area contributed by atoms with Crippen molar-refractivity contribution in [1.82, 2.24) is 9.03 Å². The SMILES string of the molecule is CN1C(C(=O)Nc2ccc(F)c(Cl)c2)CC(c2cc(Br)c(Cl)s2)NS1=O. The number of likely N-dealkylation sites (N-methyl/N-ethyl adjacent to an activating group) is 1. The van der Waals surface area contributed by atoms with E-state index in [9.17, 15) is 13.4 Å². The van der Waals surface area contributed by atoms with Crippen LogP contribution >= 0.6 is 50.5 Å². The summed E-state index contributed by atoms with van der Waals surface area (Å²) in [6.07, 6.45) is 0.395. The predicted octanol–water partition coefficient (Wildman–Crippen LogP) is 4.51. The van der Waals surface area contributed by atoms with Gasteiger partial charge >= 0.3 is 0 Å². The maximum atomic E-state index is 13.3. The predicted molar refractivity (Wildman–Crippen MR) is 107 cm³/mol. The molecule has 1 saturated heterocycles. The van der Waals surface area contributed by atoms with E-state index in [1.54, 1.807) is 7.05 Å². The molecule has 11 heteroatoms. The quantitative estimate of drug-likeness (QED) is 0.651. The largest absolute Gasteiger partial charge is 0.325 e. The molecule has 1 aliphatic heterocycles. The molecule has 0 spiro atoms. The van der Waals surface area contributed by atoms with Gasteiger partial charge in [-0.15, -0.1) is 11.3 Å². The third-order valence-electron chi connectivity index (χ3n) is 3.90. The van der Waals surface area contributed by atoms with Gasteiger partial charge in [0.1, 0.15) is 16.2 Å². The molecule has 0 radical (unpaired) electrons. The molecule has 2 aromatic rings. The summed E-state index contributed by atoms with van der Waals surface area (Å²) in [5.74, 6) is -0.915. The van der Waals surface area contributed by atoms with Gasteiger partial charge in [-0.25, -0.2) is 17.6 Å². The number of benzene rings is 1. The molecule has 1 aromatic carbocycles. The molecule has 3 unspecified atom stereocenters. The number of nitrogens with one attached hydrogen (secondary N) is 2.